The van der Waals surface area contributed by atoms with Crippen molar-refractivity contribution in [2.45, 2.75) is 63.7 Å². The van der Waals surface area contributed by atoms with Crippen molar-refractivity contribution in [2.75, 3.05) is 0 Å². The third kappa shape index (κ3) is 1.99. The molecule has 2 heterocycles. The van der Waals surface area contributed by atoms with Gasteiger partial charge in [0.25, 0.3) is 0 Å². The Morgan fingerprint density at radius 2 is 2.29 bits per heavy atom. The van der Waals surface area contributed by atoms with E-state index < -0.39 is 5.54 Å². The van der Waals surface area contributed by atoms with Crippen molar-refractivity contribution in [3.63, 3.8) is 0 Å². The molecule has 4 rings (SSSR count). The first-order valence-corrected chi connectivity index (χ1v) is 9.19. The lowest BCUT2D eigenvalue weighted by molar-refractivity contribution is -0.136. The molecule has 2 saturated carbocycles. The quantitative estimate of drug-likeness (QED) is 0.926. The Hall–Kier alpha value is -0.870. The van der Waals surface area contributed by atoms with E-state index in [2.05, 4.69) is 40.9 Å². The Morgan fingerprint density at radius 3 is 2.86 bits per heavy atom. The van der Waals surface area contributed by atoms with Crippen molar-refractivity contribution in [2.24, 2.45) is 11.8 Å². The molecule has 0 aromatic carbocycles. The van der Waals surface area contributed by atoms with Crippen LogP contribution in [0.4, 0.5) is 0 Å². The molecule has 1 saturated heterocycles. The zero-order chi connectivity index (χ0) is 14.6. The molecule has 5 atom stereocenters. The lowest BCUT2D eigenvalue weighted by Gasteiger charge is -2.35. The highest BCUT2D eigenvalue weighted by Gasteiger charge is 2.54. The van der Waals surface area contributed by atoms with Gasteiger partial charge in [0.05, 0.1) is 5.54 Å². The lowest BCUT2D eigenvalue weighted by atomic mass is 9.92. The maximum absolute atomic E-state index is 13.1. The molecule has 3 aliphatic rings. The molecule has 1 aliphatic heterocycles. The molecular formula is C17H24N2OS. The van der Waals surface area contributed by atoms with Crippen molar-refractivity contribution in [3.05, 3.63) is 22.4 Å². The summed E-state index contributed by atoms with van der Waals surface area (Å²) in [5.74, 6) is 1.92. The summed E-state index contributed by atoms with van der Waals surface area (Å²) in [4.78, 5) is 15.3. The zero-order valence-electron chi connectivity index (χ0n) is 12.8. The lowest BCUT2D eigenvalue weighted by Crippen LogP contribution is -2.46. The van der Waals surface area contributed by atoms with Gasteiger partial charge in [0.2, 0.25) is 5.91 Å². The van der Waals surface area contributed by atoms with Gasteiger partial charge in [0.15, 0.2) is 0 Å². The molecule has 4 heteroatoms. The Bertz CT molecular complexity index is 543. The molecule has 1 aromatic rings. The second kappa shape index (κ2) is 4.82. The summed E-state index contributed by atoms with van der Waals surface area (Å²) >= 11 is 1.72. The van der Waals surface area contributed by atoms with E-state index in [4.69, 9.17) is 0 Å². The van der Waals surface area contributed by atoms with E-state index in [0.29, 0.717) is 11.9 Å². The normalized spacial score (nSPS) is 42.2. The number of nitrogens with zero attached hydrogens (tertiary/aromatic N) is 1. The number of nitrogens with one attached hydrogen (secondary N) is 1. The Labute approximate surface area is 130 Å². The summed E-state index contributed by atoms with van der Waals surface area (Å²) in [5, 5.41) is 7.94. The molecular weight excluding hydrogens is 280 g/mol. The average molecular weight is 304 g/mol. The topological polar surface area (TPSA) is 32.3 Å². The van der Waals surface area contributed by atoms with Crippen LogP contribution in [0.25, 0.3) is 0 Å². The van der Waals surface area contributed by atoms with Crippen LogP contribution in [0.3, 0.4) is 0 Å². The first-order valence-electron chi connectivity index (χ1n) is 8.25. The summed E-state index contributed by atoms with van der Waals surface area (Å²) < 4.78 is 0. The summed E-state index contributed by atoms with van der Waals surface area (Å²) in [5.41, 5.74) is 0.863. The van der Waals surface area contributed by atoms with E-state index in [9.17, 15) is 4.79 Å². The molecule has 114 valence electrons. The first kappa shape index (κ1) is 13.8. The van der Waals surface area contributed by atoms with Crippen molar-refractivity contribution < 1.29 is 4.79 Å². The molecule has 2 aliphatic carbocycles. The van der Waals surface area contributed by atoms with Crippen LogP contribution in [0.1, 0.15) is 57.7 Å². The maximum atomic E-state index is 13.1. The monoisotopic (exact) mass is 304 g/mol. The molecule has 21 heavy (non-hydrogen) atoms. The smallest absolute Gasteiger partial charge is 0.244 e. The molecule has 1 aromatic heterocycles. The van der Waals surface area contributed by atoms with E-state index in [-0.39, 0.29) is 6.17 Å². The summed E-state index contributed by atoms with van der Waals surface area (Å²) in [6.45, 7) is 4.18. The van der Waals surface area contributed by atoms with Gasteiger partial charge in [-0.1, -0.05) is 13.3 Å². The van der Waals surface area contributed by atoms with Crippen molar-refractivity contribution >= 4 is 17.2 Å². The Morgan fingerprint density at radius 1 is 1.43 bits per heavy atom. The second-order valence-corrected chi connectivity index (χ2v) is 8.02. The first-order chi connectivity index (χ1) is 10.1. The Kier molecular flexibility index (Phi) is 3.16. The number of rotatable bonds is 3. The zero-order valence-corrected chi connectivity index (χ0v) is 13.7. The molecule has 3 fully saturated rings. The minimum Gasteiger partial charge on any atom is -0.318 e. The van der Waals surface area contributed by atoms with Crippen LogP contribution in [0, 0.1) is 11.8 Å². The van der Waals surface area contributed by atoms with Gasteiger partial charge < -0.3 is 4.90 Å². The number of hydrogen-bond acceptors (Lipinski definition) is 3. The van der Waals surface area contributed by atoms with Crippen molar-refractivity contribution in [1.29, 1.82) is 0 Å². The number of hydrogen-bond donors (Lipinski definition) is 1. The number of fused-ring (bicyclic) bond motifs is 2. The highest BCUT2D eigenvalue weighted by atomic mass is 32.1. The van der Waals surface area contributed by atoms with Crippen LogP contribution in [0.5, 0.6) is 0 Å². The highest BCUT2D eigenvalue weighted by molar-refractivity contribution is 7.08. The van der Waals surface area contributed by atoms with Gasteiger partial charge in [-0.05, 0) is 66.8 Å². The minimum absolute atomic E-state index is 0.0815. The fourth-order valence-electron chi connectivity index (χ4n) is 4.66. The number of thiophene rings is 1. The molecule has 3 nitrogen and oxygen atoms in total. The maximum Gasteiger partial charge on any atom is 0.244 e. The van der Waals surface area contributed by atoms with Crippen molar-refractivity contribution in [3.8, 4) is 0 Å². The van der Waals surface area contributed by atoms with Crippen LogP contribution >= 0.6 is 11.3 Å². The fraction of sp³-hybridized carbons (Fsp3) is 0.706. The third-order valence-electron chi connectivity index (χ3n) is 6.06. The number of amides is 1. The van der Waals surface area contributed by atoms with Gasteiger partial charge in [-0.3, -0.25) is 10.1 Å². The second-order valence-electron chi connectivity index (χ2n) is 7.24. The van der Waals surface area contributed by atoms with E-state index in [1.54, 1.807) is 11.3 Å². The van der Waals surface area contributed by atoms with Crippen LogP contribution in [0.2, 0.25) is 0 Å². The van der Waals surface area contributed by atoms with E-state index in [1.807, 2.05) is 0 Å². The number of carbonyl (C=O) groups excluding carboxylic acids is 1. The van der Waals surface area contributed by atoms with Gasteiger partial charge in [-0.25, -0.2) is 0 Å². The summed E-state index contributed by atoms with van der Waals surface area (Å²) in [7, 11) is 0. The van der Waals surface area contributed by atoms with Crippen LogP contribution in [-0.4, -0.2) is 22.4 Å². The molecule has 0 spiro atoms. The molecule has 5 unspecified atom stereocenters. The van der Waals surface area contributed by atoms with Gasteiger partial charge in [0.1, 0.15) is 6.17 Å². The van der Waals surface area contributed by atoms with Crippen molar-refractivity contribution in [1.82, 2.24) is 10.2 Å². The van der Waals surface area contributed by atoms with E-state index in [0.717, 1.165) is 18.3 Å². The predicted octanol–water partition coefficient (Wildman–Crippen LogP) is 3.54. The number of carbonyl (C=O) groups is 1. The Balaban J connectivity index is 1.69. The molecule has 2 bridgehead atoms. The largest absolute Gasteiger partial charge is 0.318 e. The average Bonchev–Trinajstić information content (AvgIpc) is 3.23. The van der Waals surface area contributed by atoms with Gasteiger partial charge >= 0.3 is 0 Å². The van der Waals surface area contributed by atoms with E-state index >= 15 is 0 Å². The van der Waals surface area contributed by atoms with Gasteiger partial charge in [-0.2, -0.15) is 11.3 Å². The molecule has 1 N–H and O–H groups in total. The summed E-state index contributed by atoms with van der Waals surface area (Å²) in [6, 6.07) is 2.62. The SMILES string of the molecule is CCC1(C)NC(c2ccsc2)N(C2CC3CCC2C3)C1=O. The van der Waals surface area contributed by atoms with Gasteiger partial charge in [-0.15, -0.1) is 0 Å². The van der Waals surface area contributed by atoms with Gasteiger partial charge in [0, 0.05) is 6.04 Å². The minimum atomic E-state index is -0.394. The van der Waals surface area contributed by atoms with E-state index in [1.165, 1.54) is 31.2 Å². The standard InChI is InChI=1S/C17H24N2OS/c1-3-17(2)16(20)19(14-9-11-4-5-12(14)8-11)15(18-17)13-6-7-21-10-13/h6-7,10-12,14-15,18H,3-5,8-9H2,1-2H3. The third-order valence-corrected chi connectivity index (χ3v) is 6.77. The highest BCUT2D eigenvalue weighted by Crippen LogP contribution is 2.50. The summed E-state index contributed by atoms with van der Waals surface area (Å²) in [6.07, 6.45) is 6.19. The fourth-order valence-corrected chi connectivity index (χ4v) is 5.34. The van der Waals surface area contributed by atoms with Crippen LogP contribution < -0.4 is 5.32 Å². The molecule has 1 amide bonds. The molecule has 0 radical (unpaired) electrons. The van der Waals surface area contributed by atoms with Crippen LogP contribution in [0.15, 0.2) is 16.8 Å². The predicted molar refractivity (Wildman–Crippen MR) is 85.0 cm³/mol. The van der Waals surface area contributed by atoms with Crippen LogP contribution in [-0.2, 0) is 4.79 Å².